The van der Waals surface area contributed by atoms with Crippen LogP contribution in [0.1, 0.15) is 18.7 Å². The summed E-state index contributed by atoms with van der Waals surface area (Å²) in [6.07, 6.45) is 1.76. The van der Waals surface area contributed by atoms with Crippen LogP contribution in [0.5, 0.6) is 0 Å². The van der Waals surface area contributed by atoms with Gasteiger partial charge in [0.1, 0.15) is 0 Å². The number of nitrogens with one attached hydrogen (secondary N) is 1. The van der Waals surface area contributed by atoms with E-state index < -0.39 is 0 Å². The van der Waals surface area contributed by atoms with Crippen LogP contribution in [0, 0.1) is 5.92 Å². The molecule has 1 aromatic heterocycles. The van der Waals surface area contributed by atoms with Crippen molar-refractivity contribution in [2.24, 2.45) is 5.92 Å². The molecule has 0 spiro atoms. The second kappa shape index (κ2) is 7.57. The molecule has 0 radical (unpaired) electrons. The molecule has 2 aromatic rings. The number of carbonyl (C=O) groups excluding carboxylic acids is 1. The average Bonchev–Trinajstić information content (AvgIpc) is 3.23. The fourth-order valence-electron chi connectivity index (χ4n) is 2.38. The van der Waals surface area contributed by atoms with Crippen LogP contribution in [0.3, 0.4) is 0 Å². The van der Waals surface area contributed by atoms with Crippen LogP contribution in [-0.2, 0) is 16.0 Å². The smallest absolute Gasteiger partial charge is 0.227 e. The van der Waals surface area contributed by atoms with Crippen molar-refractivity contribution in [3.63, 3.8) is 0 Å². The quantitative estimate of drug-likeness (QED) is 0.877. The van der Waals surface area contributed by atoms with Gasteiger partial charge >= 0.3 is 0 Å². The zero-order valence-corrected chi connectivity index (χ0v) is 13.4. The number of nitrogens with zero attached hydrogens (tertiary/aromatic N) is 2. The van der Waals surface area contributed by atoms with E-state index in [1.165, 1.54) is 0 Å². The van der Waals surface area contributed by atoms with Crippen molar-refractivity contribution in [3.8, 4) is 11.4 Å². The summed E-state index contributed by atoms with van der Waals surface area (Å²) in [7, 11) is 0. The number of hydrogen-bond donors (Lipinski definition) is 1. The molecule has 0 aliphatic carbocycles. The number of carbonyl (C=O) groups is 1. The van der Waals surface area contributed by atoms with Crippen LogP contribution in [0.25, 0.3) is 11.4 Å². The Labute approximate surface area is 139 Å². The molecule has 1 aliphatic heterocycles. The number of halogens is 1. The number of aryl methyl sites for hydroxylation is 1. The van der Waals surface area contributed by atoms with Gasteiger partial charge in [-0.1, -0.05) is 16.8 Å². The number of benzene rings is 1. The minimum atomic E-state index is -0.0110. The molecule has 2 heterocycles. The summed E-state index contributed by atoms with van der Waals surface area (Å²) in [4.78, 5) is 16.1. The third-order valence-electron chi connectivity index (χ3n) is 3.75. The van der Waals surface area contributed by atoms with Gasteiger partial charge in [0, 0.05) is 42.5 Å². The zero-order valence-electron chi connectivity index (χ0n) is 12.6. The first-order valence-corrected chi connectivity index (χ1v) is 8.01. The molecule has 1 fully saturated rings. The Morgan fingerprint density at radius 1 is 1.35 bits per heavy atom. The summed E-state index contributed by atoms with van der Waals surface area (Å²) >= 11 is 5.85. The summed E-state index contributed by atoms with van der Waals surface area (Å²) in [6, 6.07) is 7.20. The maximum absolute atomic E-state index is 11.8. The Hall–Kier alpha value is -1.92. The van der Waals surface area contributed by atoms with Gasteiger partial charge in [-0.2, -0.15) is 4.98 Å². The number of aromatic nitrogens is 2. The fraction of sp³-hybridized carbons (Fsp3) is 0.438. The standard InChI is InChI=1S/C16H18ClN3O3/c17-13-3-1-12(2-4-13)16-19-15(23-20-16)6-5-14(21)18-9-11-7-8-22-10-11/h1-4,11H,5-10H2,(H,18,21). The van der Waals surface area contributed by atoms with Crippen LogP contribution in [0.15, 0.2) is 28.8 Å². The van der Waals surface area contributed by atoms with Crippen LogP contribution < -0.4 is 5.32 Å². The zero-order chi connectivity index (χ0) is 16.1. The Kier molecular flexibility index (Phi) is 5.25. The third kappa shape index (κ3) is 4.53. The lowest BCUT2D eigenvalue weighted by Gasteiger charge is -2.08. The van der Waals surface area contributed by atoms with E-state index in [0.29, 0.717) is 42.0 Å². The molecule has 7 heteroatoms. The molecule has 23 heavy (non-hydrogen) atoms. The molecule has 1 aromatic carbocycles. The fourth-order valence-corrected chi connectivity index (χ4v) is 2.51. The van der Waals surface area contributed by atoms with Gasteiger partial charge < -0.3 is 14.6 Å². The highest BCUT2D eigenvalue weighted by molar-refractivity contribution is 6.30. The molecule has 1 unspecified atom stereocenters. The molecular weight excluding hydrogens is 318 g/mol. The van der Waals surface area contributed by atoms with Crippen molar-refractivity contribution in [3.05, 3.63) is 35.2 Å². The Morgan fingerprint density at radius 2 is 2.17 bits per heavy atom. The molecule has 1 aliphatic rings. The lowest BCUT2D eigenvalue weighted by atomic mass is 10.1. The average molecular weight is 336 g/mol. The maximum atomic E-state index is 11.8. The molecule has 0 saturated carbocycles. The SMILES string of the molecule is O=C(CCc1nc(-c2ccc(Cl)cc2)no1)NCC1CCOC1. The lowest BCUT2D eigenvalue weighted by Crippen LogP contribution is -2.29. The van der Waals surface area contributed by atoms with E-state index in [1.54, 1.807) is 12.1 Å². The first kappa shape index (κ1) is 16.0. The topological polar surface area (TPSA) is 77.2 Å². The second-order valence-electron chi connectivity index (χ2n) is 5.55. The lowest BCUT2D eigenvalue weighted by molar-refractivity contribution is -0.121. The van der Waals surface area contributed by atoms with Crippen molar-refractivity contribution in [1.29, 1.82) is 0 Å². The van der Waals surface area contributed by atoms with Crippen molar-refractivity contribution in [1.82, 2.24) is 15.5 Å². The van der Waals surface area contributed by atoms with Gasteiger partial charge in [-0.25, -0.2) is 0 Å². The van der Waals surface area contributed by atoms with E-state index in [2.05, 4.69) is 15.5 Å². The molecule has 1 atom stereocenters. The summed E-state index contributed by atoms with van der Waals surface area (Å²) in [5, 5.41) is 7.50. The number of ether oxygens (including phenoxy) is 1. The van der Waals surface area contributed by atoms with E-state index in [9.17, 15) is 4.79 Å². The molecule has 0 bridgehead atoms. The second-order valence-corrected chi connectivity index (χ2v) is 5.99. The largest absolute Gasteiger partial charge is 0.381 e. The van der Waals surface area contributed by atoms with Crippen molar-refractivity contribution in [2.75, 3.05) is 19.8 Å². The predicted molar refractivity (Wildman–Crippen MR) is 85.0 cm³/mol. The molecule has 6 nitrogen and oxygen atoms in total. The van der Waals surface area contributed by atoms with Crippen LogP contribution >= 0.6 is 11.6 Å². The van der Waals surface area contributed by atoms with Crippen LogP contribution in [0.2, 0.25) is 5.02 Å². The molecular formula is C16H18ClN3O3. The van der Waals surface area contributed by atoms with Gasteiger partial charge in [0.25, 0.3) is 0 Å². The Morgan fingerprint density at radius 3 is 2.91 bits per heavy atom. The highest BCUT2D eigenvalue weighted by Crippen LogP contribution is 2.19. The van der Waals surface area contributed by atoms with E-state index in [1.807, 2.05) is 12.1 Å². The Bertz CT molecular complexity index is 651. The minimum absolute atomic E-state index is 0.0110. The highest BCUT2D eigenvalue weighted by Gasteiger charge is 2.16. The Balaban J connectivity index is 1.47. The maximum Gasteiger partial charge on any atom is 0.227 e. The summed E-state index contributed by atoms with van der Waals surface area (Å²) in [5.41, 5.74) is 0.829. The van der Waals surface area contributed by atoms with Gasteiger partial charge in [0.2, 0.25) is 17.6 Å². The molecule has 3 rings (SSSR count). The van der Waals surface area contributed by atoms with E-state index in [0.717, 1.165) is 25.2 Å². The van der Waals surface area contributed by atoms with Gasteiger partial charge in [0.15, 0.2) is 0 Å². The van der Waals surface area contributed by atoms with Crippen LogP contribution in [0.4, 0.5) is 0 Å². The van der Waals surface area contributed by atoms with Crippen molar-refractivity contribution < 1.29 is 14.1 Å². The van der Waals surface area contributed by atoms with E-state index in [4.69, 9.17) is 20.9 Å². The molecule has 122 valence electrons. The summed E-state index contributed by atoms with van der Waals surface area (Å²) in [5.74, 6) is 1.37. The molecule has 1 N–H and O–H groups in total. The highest BCUT2D eigenvalue weighted by atomic mass is 35.5. The third-order valence-corrected chi connectivity index (χ3v) is 4.00. The first-order chi connectivity index (χ1) is 11.2. The first-order valence-electron chi connectivity index (χ1n) is 7.63. The normalized spacial score (nSPS) is 17.3. The minimum Gasteiger partial charge on any atom is -0.381 e. The van der Waals surface area contributed by atoms with Crippen molar-refractivity contribution >= 4 is 17.5 Å². The number of hydrogen-bond acceptors (Lipinski definition) is 5. The number of rotatable bonds is 6. The summed E-state index contributed by atoms with van der Waals surface area (Å²) < 4.78 is 10.5. The predicted octanol–water partition coefficient (Wildman–Crippen LogP) is 2.48. The van der Waals surface area contributed by atoms with Crippen molar-refractivity contribution in [2.45, 2.75) is 19.3 Å². The van der Waals surface area contributed by atoms with E-state index in [-0.39, 0.29) is 5.91 Å². The van der Waals surface area contributed by atoms with E-state index >= 15 is 0 Å². The summed E-state index contributed by atoms with van der Waals surface area (Å²) in [6.45, 7) is 2.18. The molecule has 1 amide bonds. The van der Waals surface area contributed by atoms with Gasteiger partial charge in [-0.05, 0) is 30.7 Å². The van der Waals surface area contributed by atoms with Crippen LogP contribution in [-0.4, -0.2) is 35.8 Å². The van der Waals surface area contributed by atoms with Gasteiger partial charge in [-0.15, -0.1) is 0 Å². The van der Waals surface area contributed by atoms with Gasteiger partial charge in [-0.3, -0.25) is 4.79 Å². The van der Waals surface area contributed by atoms with Gasteiger partial charge in [0.05, 0.1) is 6.61 Å². The number of amides is 1. The monoisotopic (exact) mass is 335 g/mol. The molecule has 1 saturated heterocycles.